The maximum absolute atomic E-state index is 6.35. The molecule has 0 aliphatic carbocycles. The number of oxazole rings is 1. The normalized spacial score (nSPS) is 14.8. The van der Waals surface area contributed by atoms with Gasteiger partial charge in [0.05, 0.1) is 17.3 Å². The molecule has 1 aliphatic heterocycles. The first-order chi connectivity index (χ1) is 15.2. The van der Waals surface area contributed by atoms with Crippen LogP contribution in [0.5, 0.6) is 0 Å². The van der Waals surface area contributed by atoms with Gasteiger partial charge in [-0.25, -0.2) is 4.98 Å². The van der Waals surface area contributed by atoms with Crippen molar-refractivity contribution < 1.29 is 4.42 Å². The minimum Gasteiger partial charge on any atom is -0.444 e. The molecule has 0 unspecified atom stereocenters. The summed E-state index contributed by atoms with van der Waals surface area (Å²) in [7, 11) is 0. The molecule has 2 aromatic carbocycles. The Bertz CT molecular complexity index is 951. The third kappa shape index (κ3) is 5.67. The molecule has 0 saturated carbocycles. The van der Waals surface area contributed by atoms with Crippen molar-refractivity contribution >= 4 is 17.3 Å². The van der Waals surface area contributed by atoms with E-state index in [0.29, 0.717) is 6.54 Å². The second-order valence-electron chi connectivity index (χ2n) is 7.95. The molecule has 0 radical (unpaired) electrons. The largest absolute Gasteiger partial charge is 0.444 e. The van der Waals surface area contributed by atoms with Gasteiger partial charge in [0, 0.05) is 51.3 Å². The van der Waals surface area contributed by atoms with Crippen LogP contribution in [0.4, 0.5) is 5.69 Å². The van der Waals surface area contributed by atoms with Crippen LogP contribution in [0, 0.1) is 0 Å². The number of hydrogen-bond acceptors (Lipinski definition) is 5. The Morgan fingerprint density at radius 3 is 2.48 bits per heavy atom. The van der Waals surface area contributed by atoms with E-state index in [1.54, 1.807) is 0 Å². The van der Waals surface area contributed by atoms with E-state index in [9.17, 15) is 0 Å². The van der Waals surface area contributed by atoms with Gasteiger partial charge in [0.25, 0.3) is 0 Å². The zero-order valence-electron chi connectivity index (χ0n) is 18.2. The van der Waals surface area contributed by atoms with Crippen LogP contribution >= 0.6 is 11.6 Å². The Kier molecular flexibility index (Phi) is 7.62. The van der Waals surface area contributed by atoms with E-state index in [4.69, 9.17) is 21.0 Å². The maximum Gasteiger partial charge on any atom is 0.208 e. The van der Waals surface area contributed by atoms with Crippen LogP contribution in [0.2, 0.25) is 5.02 Å². The summed E-state index contributed by atoms with van der Waals surface area (Å²) in [5.41, 5.74) is 3.25. The van der Waals surface area contributed by atoms with Gasteiger partial charge in [0.15, 0.2) is 0 Å². The molecule has 0 amide bonds. The van der Waals surface area contributed by atoms with Gasteiger partial charge in [-0.2, -0.15) is 0 Å². The molecule has 0 bridgehead atoms. The van der Waals surface area contributed by atoms with Gasteiger partial charge in [-0.15, -0.1) is 0 Å². The fourth-order valence-electron chi connectivity index (χ4n) is 4.05. The molecular weight excluding hydrogens is 408 g/mol. The minimum absolute atomic E-state index is 0.656. The smallest absolute Gasteiger partial charge is 0.208 e. The predicted molar refractivity (Wildman–Crippen MR) is 128 cm³/mol. The Balaban J connectivity index is 1.24. The second-order valence-corrected chi connectivity index (χ2v) is 8.36. The summed E-state index contributed by atoms with van der Waals surface area (Å²) in [4.78, 5) is 9.64. The Hall–Kier alpha value is -2.34. The van der Waals surface area contributed by atoms with Crippen LogP contribution in [0.15, 0.2) is 59.0 Å². The average Bonchev–Trinajstić information content (AvgIpc) is 3.21. The quantitative estimate of drug-likeness (QED) is 0.483. The summed E-state index contributed by atoms with van der Waals surface area (Å²) in [5.74, 6) is 1.76. The molecule has 0 spiro atoms. The van der Waals surface area contributed by atoms with Gasteiger partial charge in [0.1, 0.15) is 11.5 Å². The molecule has 1 saturated heterocycles. The van der Waals surface area contributed by atoms with Crippen LogP contribution < -0.4 is 10.2 Å². The number of anilines is 1. The van der Waals surface area contributed by atoms with Crippen molar-refractivity contribution in [3.8, 4) is 11.3 Å². The molecule has 2 heterocycles. The number of halogens is 1. The standard InChI is InChI=1S/C25H31ClN4O/c1-2-8-23-25(20-9-4-3-5-10-20)28-24(31-23)19-27-13-14-29-15-17-30(18-16-29)22-12-7-6-11-21(22)26/h3-7,9-12,27H,2,8,13-19H2,1H3. The zero-order chi connectivity index (χ0) is 21.5. The number of benzene rings is 2. The molecule has 1 aliphatic rings. The summed E-state index contributed by atoms with van der Waals surface area (Å²) in [6.45, 7) is 8.86. The van der Waals surface area contributed by atoms with Crippen molar-refractivity contribution in [2.45, 2.75) is 26.3 Å². The number of para-hydroxylation sites is 1. The summed E-state index contributed by atoms with van der Waals surface area (Å²) in [6.07, 6.45) is 1.95. The highest BCUT2D eigenvalue weighted by Gasteiger charge is 2.18. The van der Waals surface area contributed by atoms with Crippen LogP contribution in [0.25, 0.3) is 11.3 Å². The topological polar surface area (TPSA) is 44.5 Å². The Labute approximate surface area is 190 Å². The molecule has 31 heavy (non-hydrogen) atoms. The van der Waals surface area contributed by atoms with Crippen molar-refractivity contribution in [1.29, 1.82) is 0 Å². The molecule has 5 nitrogen and oxygen atoms in total. The fraction of sp³-hybridized carbons (Fsp3) is 0.400. The van der Waals surface area contributed by atoms with E-state index in [1.807, 2.05) is 30.3 Å². The van der Waals surface area contributed by atoms with E-state index < -0.39 is 0 Å². The van der Waals surface area contributed by atoms with Crippen molar-refractivity contribution in [2.24, 2.45) is 0 Å². The lowest BCUT2D eigenvalue weighted by Gasteiger charge is -2.36. The monoisotopic (exact) mass is 438 g/mol. The van der Waals surface area contributed by atoms with E-state index in [2.05, 4.69) is 46.3 Å². The average molecular weight is 439 g/mol. The first-order valence-corrected chi connectivity index (χ1v) is 11.6. The molecule has 1 N–H and O–H groups in total. The molecule has 3 aromatic rings. The zero-order valence-corrected chi connectivity index (χ0v) is 18.9. The van der Waals surface area contributed by atoms with Gasteiger partial charge >= 0.3 is 0 Å². The highest BCUT2D eigenvalue weighted by Crippen LogP contribution is 2.26. The summed E-state index contributed by atoms with van der Waals surface area (Å²) in [5, 5.41) is 4.34. The molecule has 1 fully saturated rings. The van der Waals surface area contributed by atoms with E-state index in [1.165, 1.54) is 0 Å². The highest BCUT2D eigenvalue weighted by atomic mass is 35.5. The van der Waals surface area contributed by atoms with Crippen LogP contribution in [0.3, 0.4) is 0 Å². The Morgan fingerprint density at radius 1 is 1.00 bits per heavy atom. The van der Waals surface area contributed by atoms with Gasteiger partial charge in [-0.3, -0.25) is 4.90 Å². The summed E-state index contributed by atoms with van der Waals surface area (Å²) in [6, 6.07) is 18.4. The van der Waals surface area contributed by atoms with E-state index >= 15 is 0 Å². The lowest BCUT2D eigenvalue weighted by molar-refractivity contribution is 0.256. The third-order valence-electron chi connectivity index (χ3n) is 5.71. The molecule has 4 rings (SSSR count). The van der Waals surface area contributed by atoms with Gasteiger partial charge in [-0.05, 0) is 18.6 Å². The third-order valence-corrected chi connectivity index (χ3v) is 6.03. The van der Waals surface area contributed by atoms with Gasteiger partial charge < -0.3 is 14.6 Å². The van der Waals surface area contributed by atoms with Gasteiger partial charge in [-0.1, -0.05) is 61.0 Å². The second kappa shape index (κ2) is 10.8. The number of piperazine rings is 1. The van der Waals surface area contributed by atoms with Crippen molar-refractivity contribution in [3.63, 3.8) is 0 Å². The number of nitrogens with one attached hydrogen (secondary N) is 1. The Morgan fingerprint density at radius 2 is 1.74 bits per heavy atom. The van der Waals surface area contributed by atoms with Crippen LogP contribution in [-0.2, 0) is 13.0 Å². The molecular formula is C25H31ClN4O. The van der Waals surface area contributed by atoms with Crippen molar-refractivity contribution in [1.82, 2.24) is 15.2 Å². The molecule has 0 atom stereocenters. The lowest BCUT2D eigenvalue weighted by Crippen LogP contribution is -2.48. The van der Waals surface area contributed by atoms with E-state index in [-0.39, 0.29) is 0 Å². The number of rotatable bonds is 9. The minimum atomic E-state index is 0.656. The number of aromatic nitrogens is 1. The van der Waals surface area contributed by atoms with Crippen molar-refractivity contribution in [3.05, 3.63) is 71.3 Å². The first-order valence-electron chi connectivity index (χ1n) is 11.2. The van der Waals surface area contributed by atoms with E-state index in [0.717, 1.165) is 85.7 Å². The fourth-order valence-corrected chi connectivity index (χ4v) is 4.30. The molecule has 1 aromatic heterocycles. The molecule has 164 valence electrons. The SMILES string of the molecule is CCCc1oc(CNCCN2CCN(c3ccccc3Cl)CC2)nc1-c1ccccc1. The first kappa shape index (κ1) is 21.9. The van der Waals surface area contributed by atoms with Crippen LogP contribution in [0.1, 0.15) is 25.0 Å². The van der Waals surface area contributed by atoms with Crippen molar-refractivity contribution in [2.75, 3.05) is 44.2 Å². The predicted octanol–water partition coefficient (Wildman–Crippen LogP) is 4.86. The summed E-state index contributed by atoms with van der Waals surface area (Å²) >= 11 is 6.35. The number of nitrogens with zero attached hydrogens (tertiary/aromatic N) is 3. The molecule has 6 heteroatoms. The van der Waals surface area contributed by atoms with Crippen LogP contribution in [-0.4, -0.2) is 49.2 Å². The number of aryl methyl sites for hydroxylation is 1. The summed E-state index contributed by atoms with van der Waals surface area (Å²) < 4.78 is 6.07. The van der Waals surface area contributed by atoms with Gasteiger partial charge in [0.2, 0.25) is 5.89 Å². The highest BCUT2D eigenvalue weighted by molar-refractivity contribution is 6.33. The lowest BCUT2D eigenvalue weighted by atomic mass is 10.1. The maximum atomic E-state index is 6.35. The number of hydrogen-bond donors (Lipinski definition) is 1.